The van der Waals surface area contributed by atoms with Crippen LogP contribution in [-0.2, 0) is 0 Å². The minimum Gasteiger partial charge on any atom is -0.397 e. The summed E-state index contributed by atoms with van der Waals surface area (Å²) in [5, 5.41) is 13.0. The Morgan fingerprint density at radius 2 is 1.93 bits per heavy atom. The second-order valence-electron chi connectivity index (χ2n) is 3.97. The van der Waals surface area contributed by atoms with Crippen molar-refractivity contribution in [1.82, 2.24) is 5.32 Å². The first kappa shape index (κ1) is 11.8. The highest BCUT2D eigenvalue weighted by atomic mass is 16.3. The van der Waals surface area contributed by atoms with Crippen molar-refractivity contribution in [2.24, 2.45) is 0 Å². The van der Waals surface area contributed by atoms with Crippen LogP contribution in [0.1, 0.15) is 25.5 Å². The number of aliphatic hydroxyl groups is 1. The van der Waals surface area contributed by atoms with Gasteiger partial charge in [-0.25, -0.2) is 0 Å². The molecule has 6 N–H and O–H groups in total. The quantitative estimate of drug-likeness (QED) is 0.555. The first-order chi connectivity index (χ1) is 7.00. The molecule has 0 bridgehead atoms. The highest BCUT2D eigenvalue weighted by Gasteiger charge is 2.08. The van der Waals surface area contributed by atoms with E-state index in [1.165, 1.54) is 0 Å². The van der Waals surface area contributed by atoms with Crippen LogP contribution in [0.5, 0.6) is 0 Å². The van der Waals surface area contributed by atoms with Gasteiger partial charge in [0.15, 0.2) is 0 Å². The summed E-state index contributed by atoms with van der Waals surface area (Å²) in [5.41, 5.74) is 13.1. The van der Waals surface area contributed by atoms with Crippen molar-refractivity contribution in [2.75, 3.05) is 18.0 Å². The van der Waals surface area contributed by atoms with E-state index < -0.39 is 6.10 Å². The van der Waals surface area contributed by atoms with Crippen molar-refractivity contribution < 1.29 is 5.11 Å². The fraction of sp³-hybridized carbons (Fsp3) is 0.455. The fourth-order valence-corrected chi connectivity index (χ4v) is 1.27. The molecule has 4 nitrogen and oxygen atoms in total. The van der Waals surface area contributed by atoms with Gasteiger partial charge in [0.1, 0.15) is 0 Å². The maximum atomic E-state index is 9.83. The van der Waals surface area contributed by atoms with Crippen LogP contribution in [0.25, 0.3) is 0 Å². The Labute approximate surface area is 90.3 Å². The van der Waals surface area contributed by atoms with Crippen LogP contribution >= 0.6 is 0 Å². The summed E-state index contributed by atoms with van der Waals surface area (Å²) >= 11 is 0. The van der Waals surface area contributed by atoms with Crippen molar-refractivity contribution in [3.8, 4) is 0 Å². The summed E-state index contributed by atoms with van der Waals surface area (Å²) in [4.78, 5) is 0. The van der Waals surface area contributed by atoms with Gasteiger partial charge in [-0.15, -0.1) is 0 Å². The molecule has 1 unspecified atom stereocenters. The number of nitrogens with one attached hydrogen (secondary N) is 1. The molecule has 0 fully saturated rings. The number of nitrogens with two attached hydrogens (primary N) is 2. The summed E-state index contributed by atoms with van der Waals surface area (Å²) in [6, 6.07) is 5.56. The largest absolute Gasteiger partial charge is 0.397 e. The van der Waals surface area contributed by atoms with E-state index in [2.05, 4.69) is 5.32 Å². The lowest BCUT2D eigenvalue weighted by atomic mass is 10.1. The van der Waals surface area contributed by atoms with Crippen LogP contribution < -0.4 is 16.8 Å². The highest BCUT2D eigenvalue weighted by molar-refractivity contribution is 5.64. The van der Waals surface area contributed by atoms with E-state index in [1.807, 2.05) is 13.8 Å². The molecule has 0 saturated heterocycles. The monoisotopic (exact) mass is 209 g/mol. The zero-order valence-electron chi connectivity index (χ0n) is 9.20. The summed E-state index contributed by atoms with van der Waals surface area (Å²) in [6.07, 6.45) is -0.546. The molecule has 0 radical (unpaired) electrons. The number of aliphatic hydroxyl groups excluding tert-OH is 1. The molecule has 0 aliphatic heterocycles. The van der Waals surface area contributed by atoms with E-state index in [-0.39, 0.29) is 0 Å². The van der Waals surface area contributed by atoms with Crippen LogP contribution in [-0.4, -0.2) is 17.7 Å². The third-order valence-electron chi connectivity index (χ3n) is 2.22. The molecule has 0 amide bonds. The lowest BCUT2D eigenvalue weighted by molar-refractivity contribution is 0.171. The standard InChI is InChI=1S/C11H19N3O/c1-7(2)14-6-11(15)8-3-4-9(12)10(13)5-8/h3-5,7,11,14-15H,6,12-13H2,1-2H3. The summed E-state index contributed by atoms with van der Waals surface area (Å²) in [5.74, 6) is 0. The first-order valence-electron chi connectivity index (χ1n) is 5.07. The number of anilines is 2. The lowest BCUT2D eigenvalue weighted by Crippen LogP contribution is -2.27. The third-order valence-corrected chi connectivity index (χ3v) is 2.22. The predicted molar refractivity (Wildman–Crippen MR) is 63.4 cm³/mol. The molecule has 0 saturated carbocycles. The molecule has 1 aromatic rings. The summed E-state index contributed by atoms with van der Waals surface area (Å²) in [7, 11) is 0. The second-order valence-corrected chi connectivity index (χ2v) is 3.97. The van der Waals surface area contributed by atoms with Gasteiger partial charge in [0.25, 0.3) is 0 Å². The molecule has 0 spiro atoms. The average Bonchev–Trinajstić information content (AvgIpc) is 2.18. The molecule has 0 aromatic heterocycles. The summed E-state index contributed by atoms with van der Waals surface area (Å²) in [6.45, 7) is 4.58. The number of hydrogen-bond acceptors (Lipinski definition) is 4. The number of benzene rings is 1. The maximum absolute atomic E-state index is 9.83. The van der Waals surface area contributed by atoms with Crippen molar-refractivity contribution in [3.63, 3.8) is 0 Å². The molecule has 1 rings (SSSR count). The van der Waals surface area contributed by atoms with Crippen molar-refractivity contribution in [3.05, 3.63) is 23.8 Å². The van der Waals surface area contributed by atoms with Gasteiger partial charge in [-0.3, -0.25) is 0 Å². The normalized spacial score (nSPS) is 13.1. The molecule has 0 aliphatic rings. The van der Waals surface area contributed by atoms with Crippen molar-refractivity contribution in [2.45, 2.75) is 26.0 Å². The Hall–Kier alpha value is -1.26. The number of nitrogen functional groups attached to an aromatic ring is 2. The zero-order chi connectivity index (χ0) is 11.4. The van der Waals surface area contributed by atoms with Crippen LogP contribution in [0.4, 0.5) is 11.4 Å². The van der Waals surface area contributed by atoms with Gasteiger partial charge < -0.3 is 21.9 Å². The zero-order valence-corrected chi connectivity index (χ0v) is 9.20. The smallest absolute Gasteiger partial charge is 0.0915 e. The van der Waals surface area contributed by atoms with E-state index in [0.29, 0.717) is 24.0 Å². The topological polar surface area (TPSA) is 84.3 Å². The minimum absolute atomic E-state index is 0.353. The van der Waals surface area contributed by atoms with Gasteiger partial charge in [0.2, 0.25) is 0 Å². The van der Waals surface area contributed by atoms with Gasteiger partial charge in [0, 0.05) is 12.6 Å². The Balaban J connectivity index is 2.65. The lowest BCUT2D eigenvalue weighted by Gasteiger charge is -2.15. The third kappa shape index (κ3) is 3.42. The SMILES string of the molecule is CC(C)NCC(O)c1ccc(N)c(N)c1. The Morgan fingerprint density at radius 1 is 1.27 bits per heavy atom. The van der Waals surface area contributed by atoms with E-state index in [1.54, 1.807) is 18.2 Å². The van der Waals surface area contributed by atoms with E-state index in [4.69, 9.17) is 11.5 Å². The van der Waals surface area contributed by atoms with Crippen molar-refractivity contribution in [1.29, 1.82) is 0 Å². The number of hydrogen-bond donors (Lipinski definition) is 4. The summed E-state index contributed by atoms with van der Waals surface area (Å²) < 4.78 is 0. The molecule has 1 aromatic carbocycles. The van der Waals surface area contributed by atoms with E-state index in [9.17, 15) is 5.11 Å². The fourth-order valence-electron chi connectivity index (χ4n) is 1.27. The van der Waals surface area contributed by atoms with Crippen LogP contribution in [0, 0.1) is 0 Å². The molecule has 84 valence electrons. The van der Waals surface area contributed by atoms with Gasteiger partial charge in [-0.05, 0) is 17.7 Å². The molecule has 15 heavy (non-hydrogen) atoms. The maximum Gasteiger partial charge on any atom is 0.0915 e. The molecular formula is C11H19N3O. The first-order valence-corrected chi connectivity index (χ1v) is 5.07. The molecule has 0 aliphatic carbocycles. The Bertz CT molecular complexity index is 326. The molecule has 0 heterocycles. The van der Waals surface area contributed by atoms with Crippen LogP contribution in [0.3, 0.4) is 0 Å². The molecule has 4 heteroatoms. The van der Waals surface area contributed by atoms with Crippen molar-refractivity contribution >= 4 is 11.4 Å². The highest BCUT2D eigenvalue weighted by Crippen LogP contribution is 2.20. The Morgan fingerprint density at radius 3 is 2.47 bits per heavy atom. The van der Waals surface area contributed by atoms with Gasteiger partial charge in [0.05, 0.1) is 17.5 Å². The predicted octanol–water partition coefficient (Wildman–Crippen LogP) is 0.882. The van der Waals surface area contributed by atoms with Gasteiger partial charge in [-0.2, -0.15) is 0 Å². The molecular weight excluding hydrogens is 190 g/mol. The van der Waals surface area contributed by atoms with Gasteiger partial charge in [-0.1, -0.05) is 19.9 Å². The minimum atomic E-state index is -0.546. The van der Waals surface area contributed by atoms with E-state index >= 15 is 0 Å². The van der Waals surface area contributed by atoms with E-state index in [0.717, 1.165) is 5.56 Å². The van der Waals surface area contributed by atoms with Gasteiger partial charge >= 0.3 is 0 Å². The second kappa shape index (κ2) is 5.00. The Kier molecular flexibility index (Phi) is 3.94. The average molecular weight is 209 g/mol. The number of rotatable bonds is 4. The van der Waals surface area contributed by atoms with Crippen LogP contribution in [0.15, 0.2) is 18.2 Å². The molecule has 1 atom stereocenters. The van der Waals surface area contributed by atoms with Crippen LogP contribution in [0.2, 0.25) is 0 Å².